The Morgan fingerprint density at radius 3 is 1.97 bits per heavy atom. The van der Waals surface area contributed by atoms with Gasteiger partial charge in [-0.1, -0.05) is 88.4 Å². The third-order valence-electron chi connectivity index (χ3n) is 6.16. The van der Waals surface area contributed by atoms with Crippen molar-refractivity contribution in [2.24, 2.45) is 0 Å². The first-order valence-electron chi connectivity index (χ1n) is 12.6. The maximum absolute atomic E-state index is 12.7. The summed E-state index contributed by atoms with van der Waals surface area (Å²) in [4.78, 5) is 12.7. The minimum absolute atomic E-state index is 0.314. The van der Waals surface area contributed by atoms with Crippen molar-refractivity contribution >= 4 is 5.97 Å². The number of unbranched alkanes of at least 4 members (excludes halogenated alkanes) is 5. The molecule has 3 heteroatoms. The first kappa shape index (κ1) is 25.2. The molecule has 0 bridgehead atoms. The van der Waals surface area contributed by atoms with Crippen LogP contribution in [0.15, 0.2) is 66.7 Å². The van der Waals surface area contributed by atoms with E-state index >= 15 is 0 Å². The van der Waals surface area contributed by atoms with Crippen LogP contribution in [0.3, 0.4) is 0 Å². The Labute approximate surface area is 204 Å². The summed E-state index contributed by atoms with van der Waals surface area (Å²) in [6.45, 7) is 4.41. The second-order valence-corrected chi connectivity index (χ2v) is 8.87. The maximum atomic E-state index is 12.7. The highest BCUT2D eigenvalue weighted by atomic mass is 16.5. The molecule has 0 fully saturated rings. The predicted molar refractivity (Wildman–Crippen MR) is 139 cm³/mol. The molecule has 3 aromatic carbocycles. The van der Waals surface area contributed by atoms with Crippen molar-refractivity contribution in [1.82, 2.24) is 0 Å². The molecule has 0 aliphatic carbocycles. The lowest BCUT2D eigenvalue weighted by Crippen LogP contribution is -2.09. The van der Waals surface area contributed by atoms with Crippen LogP contribution >= 0.6 is 0 Å². The third-order valence-corrected chi connectivity index (χ3v) is 6.16. The molecule has 0 aromatic heterocycles. The fourth-order valence-electron chi connectivity index (χ4n) is 4.04. The Morgan fingerprint density at radius 2 is 1.32 bits per heavy atom. The number of nitrogens with zero attached hydrogens (tertiary/aromatic N) is 1. The van der Waals surface area contributed by atoms with Crippen LogP contribution in [-0.2, 0) is 12.8 Å². The topological polar surface area (TPSA) is 50.1 Å². The molecule has 0 aliphatic rings. The zero-order valence-electron chi connectivity index (χ0n) is 20.5. The lowest BCUT2D eigenvalue weighted by atomic mass is 10.0. The summed E-state index contributed by atoms with van der Waals surface area (Å²) in [5.41, 5.74) is 5.50. The number of ether oxygens (including phenoxy) is 1. The number of hydrogen-bond donors (Lipinski definition) is 0. The Kier molecular flexibility index (Phi) is 9.92. The van der Waals surface area contributed by atoms with Gasteiger partial charge < -0.3 is 4.74 Å². The van der Waals surface area contributed by atoms with Crippen molar-refractivity contribution in [2.45, 2.75) is 71.6 Å². The van der Waals surface area contributed by atoms with Crippen LogP contribution in [0.4, 0.5) is 0 Å². The van der Waals surface area contributed by atoms with Gasteiger partial charge in [0.05, 0.1) is 11.1 Å². The molecule has 0 heterocycles. The Hall–Kier alpha value is -3.38. The van der Waals surface area contributed by atoms with Gasteiger partial charge in [0.25, 0.3) is 0 Å². The predicted octanol–water partition coefficient (Wildman–Crippen LogP) is 8.30. The molecule has 0 atom stereocenters. The van der Waals surface area contributed by atoms with Gasteiger partial charge in [0, 0.05) is 0 Å². The summed E-state index contributed by atoms with van der Waals surface area (Å²) in [6, 6.07) is 23.7. The fourth-order valence-corrected chi connectivity index (χ4v) is 4.04. The number of hydrogen-bond acceptors (Lipinski definition) is 3. The number of aryl methyl sites for hydroxylation is 2. The minimum atomic E-state index is -0.453. The first-order valence-corrected chi connectivity index (χ1v) is 12.6. The molecule has 3 rings (SSSR count). The summed E-state index contributed by atoms with van der Waals surface area (Å²) in [5.74, 6) is -0.140. The van der Waals surface area contributed by atoms with E-state index in [1.807, 2.05) is 24.3 Å². The van der Waals surface area contributed by atoms with Gasteiger partial charge in [-0.2, -0.15) is 5.26 Å². The van der Waals surface area contributed by atoms with E-state index in [0.717, 1.165) is 36.0 Å². The Morgan fingerprint density at radius 1 is 0.735 bits per heavy atom. The van der Waals surface area contributed by atoms with Gasteiger partial charge in [0.1, 0.15) is 11.8 Å². The number of esters is 1. The maximum Gasteiger partial charge on any atom is 0.343 e. The lowest BCUT2D eigenvalue weighted by Gasteiger charge is -2.09. The molecule has 3 aromatic rings. The molecule has 0 radical (unpaired) electrons. The van der Waals surface area contributed by atoms with E-state index in [-0.39, 0.29) is 0 Å². The van der Waals surface area contributed by atoms with Crippen molar-refractivity contribution in [3.05, 3.63) is 89.0 Å². The van der Waals surface area contributed by atoms with E-state index in [4.69, 9.17) is 4.74 Å². The van der Waals surface area contributed by atoms with Crippen molar-refractivity contribution in [3.63, 3.8) is 0 Å². The largest absolute Gasteiger partial charge is 0.422 e. The van der Waals surface area contributed by atoms with Gasteiger partial charge in [-0.3, -0.25) is 0 Å². The average Bonchev–Trinajstić information content (AvgIpc) is 2.88. The lowest BCUT2D eigenvalue weighted by molar-refractivity contribution is 0.0734. The summed E-state index contributed by atoms with van der Waals surface area (Å²) in [7, 11) is 0. The summed E-state index contributed by atoms with van der Waals surface area (Å²) in [6.07, 6.45) is 10.5. The van der Waals surface area contributed by atoms with Gasteiger partial charge >= 0.3 is 5.97 Å². The van der Waals surface area contributed by atoms with E-state index in [9.17, 15) is 10.1 Å². The smallest absolute Gasteiger partial charge is 0.343 e. The molecule has 0 amide bonds. The third kappa shape index (κ3) is 7.32. The highest BCUT2D eigenvalue weighted by Gasteiger charge is 2.13. The number of rotatable bonds is 12. The van der Waals surface area contributed by atoms with Crippen LogP contribution in [0, 0.1) is 11.3 Å². The minimum Gasteiger partial charge on any atom is -0.422 e. The summed E-state index contributed by atoms with van der Waals surface area (Å²) >= 11 is 0. The number of nitriles is 1. The van der Waals surface area contributed by atoms with Crippen LogP contribution in [0.1, 0.15) is 85.8 Å². The molecule has 0 saturated heterocycles. The standard InChI is InChI=1S/C31H35NO2/c1-3-5-7-8-9-11-25-14-21-30(29(22-25)23-32)34-31(33)28-19-17-27(18-20-28)26-15-12-24(13-16-26)10-6-4-2/h12-22H,3-11H2,1-2H3. The normalized spacial score (nSPS) is 10.6. The van der Waals surface area contributed by atoms with Gasteiger partial charge in [-0.05, 0) is 72.2 Å². The van der Waals surface area contributed by atoms with Gasteiger partial charge in [-0.15, -0.1) is 0 Å². The van der Waals surface area contributed by atoms with Crippen LogP contribution in [0.25, 0.3) is 11.1 Å². The van der Waals surface area contributed by atoms with Gasteiger partial charge in [0.15, 0.2) is 0 Å². The quantitative estimate of drug-likeness (QED) is 0.157. The molecule has 3 nitrogen and oxygen atoms in total. The van der Waals surface area contributed by atoms with E-state index in [1.54, 1.807) is 18.2 Å². The Bertz CT molecular complexity index is 1090. The second kappa shape index (κ2) is 13.4. The van der Waals surface area contributed by atoms with Crippen molar-refractivity contribution in [1.29, 1.82) is 5.26 Å². The molecule has 0 N–H and O–H groups in total. The highest BCUT2D eigenvalue weighted by Crippen LogP contribution is 2.24. The monoisotopic (exact) mass is 453 g/mol. The van der Waals surface area contributed by atoms with Gasteiger partial charge in [0.2, 0.25) is 0 Å². The molecule has 0 saturated carbocycles. The molecular formula is C31H35NO2. The number of carbonyl (C=O) groups is 1. The zero-order chi connectivity index (χ0) is 24.2. The molecule has 0 aliphatic heterocycles. The van der Waals surface area contributed by atoms with Crippen LogP contribution in [0.5, 0.6) is 5.75 Å². The van der Waals surface area contributed by atoms with E-state index in [2.05, 4.69) is 44.2 Å². The molecule has 0 spiro atoms. The van der Waals surface area contributed by atoms with E-state index in [0.29, 0.717) is 16.9 Å². The van der Waals surface area contributed by atoms with Crippen LogP contribution in [-0.4, -0.2) is 5.97 Å². The van der Waals surface area contributed by atoms with Crippen molar-refractivity contribution < 1.29 is 9.53 Å². The second-order valence-electron chi connectivity index (χ2n) is 8.87. The molecule has 176 valence electrons. The first-order chi connectivity index (χ1) is 16.6. The van der Waals surface area contributed by atoms with E-state index in [1.165, 1.54) is 44.1 Å². The van der Waals surface area contributed by atoms with Crippen LogP contribution in [0.2, 0.25) is 0 Å². The van der Waals surface area contributed by atoms with E-state index < -0.39 is 5.97 Å². The summed E-state index contributed by atoms with van der Waals surface area (Å²) < 4.78 is 5.57. The summed E-state index contributed by atoms with van der Waals surface area (Å²) in [5, 5.41) is 9.56. The number of carbonyl (C=O) groups excluding carboxylic acids is 1. The molecule has 0 unspecified atom stereocenters. The van der Waals surface area contributed by atoms with Crippen molar-refractivity contribution in [3.8, 4) is 22.9 Å². The molecule has 34 heavy (non-hydrogen) atoms. The average molecular weight is 454 g/mol. The SMILES string of the molecule is CCCCCCCc1ccc(OC(=O)c2ccc(-c3ccc(CCCC)cc3)cc2)c(C#N)c1. The van der Waals surface area contributed by atoms with Crippen LogP contribution < -0.4 is 4.74 Å². The zero-order valence-corrected chi connectivity index (χ0v) is 20.5. The number of benzene rings is 3. The van der Waals surface area contributed by atoms with Crippen molar-refractivity contribution in [2.75, 3.05) is 0 Å². The fraction of sp³-hybridized carbons (Fsp3) is 0.355. The Balaban J connectivity index is 1.61. The molecular weight excluding hydrogens is 418 g/mol. The highest BCUT2D eigenvalue weighted by molar-refractivity contribution is 5.92. The van der Waals surface area contributed by atoms with Gasteiger partial charge in [-0.25, -0.2) is 4.79 Å².